The number of nitriles is 1. The summed E-state index contributed by atoms with van der Waals surface area (Å²) < 4.78 is 7.65. The third kappa shape index (κ3) is 4.56. The number of amides is 1. The minimum Gasteiger partial charge on any atom is -0.376 e. The summed E-state index contributed by atoms with van der Waals surface area (Å²) in [5.41, 5.74) is 3.08. The van der Waals surface area contributed by atoms with E-state index in [9.17, 15) is 10.1 Å². The van der Waals surface area contributed by atoms with Crippen molar-refractivity contribution in [3.63, 3.8) is 0 Å². The first kappa shape index (κ1) is 20.2. The number of benzene rings is 2. The topological polar surface area (TPSA) is 67.0 Å². The number of ether oxygens (including phenoxy) is 1. The number of fused-ring (bicyclic) bond motifs is 1. The number of nitrogens with one attached hydrogen (secondary N) is 1. The number of hydrogen-bond donors (Lipinski definition) is 1. The molecule has 0 bridgehead atoms. The number of carbonyl (C=O) groups excluding carboxylic acids is 1. The molecule has 1 aromatic heterocycles. The number of aromatic nitrogens is 1. The highest BCUT2D eigenvalue weighted by Gasteiger charge is 2.18. The molecular formula is C24H22ClN3O2. The molecule has 30 heavy (non-hydrogen) atoms. The fourth-order valence-corrected chi connectivity index (χ4v) is 3.84. The largest absolute Gasteiger partial charge is 0.376 e. The smallest absolute Gasteiger partial charge is 0.262 e. The van der Waals surface area contributed by atoms with Crippen LogP contribution in [0.15, 0.2) is 60.3 Å². The van der Waals surface area contributed by atoms with Crippen LogP contribution in [0.4, 0.5) is 0 Å². The summed E-state index contributed by atoms with van der Waals surface area (Å²) in [6.45, 7) is 1.82. The van der Waals surface area contributed by atoms with Crippen molar-refractivity contribution in [2.24, 2.45) is 0 Å². The third-order valence-corrected chi connectivity index (χ3v) is 5.52. The van der Waals surface area contributed by atoms with Crippen LogP contribution in [0.1, 0.15) is 24.0 Å². The molecule has 3 aromatic rings. The van der Waals surface area contributed by atoms with E-state index in [0.717, 1.165) is 41.5 Å². The quantitative estimate of drug-likeness (QED) is 0.471. The molecule has 0 unspecified atom stereocenters. The number of carbonyl (C=O) groups is 1. The van der Waals surface area contributed by atoms with E-state index in [-0.39, 0.29) is 17.6 Å². The average molecular weight is 420 g/mol. The van der Waals surface area contributed by atoms with Gasteiger partial charge in [0.05, 0.1) is 6.10 Å². The van der Waals surface area contributed by atoms with E-state index in [1.54, 1.807) is 6.08 Å². The Hall–Kier alpha value is -3.07. The minimum atomic E-state index is -0.373. The molecule has 0 saturated carbocycles. The van der Waals surface area contributed by atoms with Gasteiger partial charge in [-0.1, -0.05) is 41.9 Å². The van der Waals surface area contributed by atoms with E-state index >= 15 is 0 Å². The molecule has 1 aliphatic rings. The molecule has 1 amide bonds. The molecule has 1 fully saturated rings. The van der Waals surface area contributed by atoms with E-state index in [2.05, 4.69) is 9.88 Å². The second-order valence-corrected chi connectivity index (χ2v) is 7.81. The molecule has 6 heteroatoms. The number of nitrogens with zero attached hydrogens (tertiary/aromatic N) is 2. The molecule has 1 N–H and O–H groups in total. The van der Waals surface area contributed by atoms with Crippen LogP contribution < -0.4 is 5.32 Å². The van der Waals surface area contributed by atoms with Crippen molar-refractivity contribution in [3.8, 4) is 6.07 Å². The van der Waals surface area contributed by atoms with Gasteiger partial charge in [0, 0.05) is 47.4 Å². The molecule has 152 valence electrons. The average Bonchev–Trinajstić information content (AvgIpc) is 3.40. The second-order valence-electron chi connectivity index (χ2n) is 7.37. The summed E-state index contributed by atoms with van der Waals surface area (Å²) in [6.07, 6.45) is 5.61. The van der Waals surface area contributed by atoms with Gasteiger partial charge in [0.2, 0.25) is 0 Å². The maximum Gasteiger partial charge on any atom is 0.262 e. The zero-order valence-electron chi connectivity index (χ0n) is 16.5. The highest BCUT2D eigenvalue weighted by molar-refractivity contribution is 6.30. The number of rotatable bonds is 6. The summed E-state index contributed by atoms with van der Waals surface area (Å²) in [5.74, 6) is -0.373. The lowest BCUT2D eigenvalue weighted by atomic mass is 10.1. The number of hydrogen-bond acceptors (Lipinski definition) is 3. The fraction of sp³-hybridized carbons (Fsp3) is 0.250. The summed E-state index contributed by atoms with van der Waals surface area (Å²) in [6, 6.07) is 17.7. The molecule has 5 nitrogen and oxygen atoms in total. The monoisotopic (exact) mass is 419 g/mol. The van der Waals surface area contributed by atoms with E-state index in [0.29, 0.717) is 18.1 Å². The summed E-state index contributed by atoms with van der Waals surface area (Å²) in [5, 5.41) is 14.1. The van der Waals surface area contributed by atoms with Gasteiger partial charge in [-0.2, -0.15) is 5.26 Å². The highest BCUT2D eigenvalue weighted by atomic mass is 35.5. The van der Waals surface area contributed by atoms with Crippen LogP contribution in [0.25, 0.3) is 17.0 Å². The minimum absolute atomic E-state index is 0.0372. The van der Waals surface area contributed by atoms with Gasteiger partial charge in [-0.25, -0.2) is 0 Å². The molecule has 0 spiro atoms. The Bertz CT molecular complexity index is 1120. The van der Waals surface area contributed by atoms with Gasteiger partial charge in [-0.05, 0) is 42.7 Å². The molecule has 1 saturated heterocycles. The first-order valence-electron chi connectivity index (χ1n) is 9.98. The number of para-hydroxylation sites is 1. The van der Waals surface area contributed by atoms with Crippen molar-refractivity contribution in [2.45, 2.75) is 25.5 Å². The van der Waals surface area contributed by atoms with Crippen LogP contribution in [0, 0.1) is 11.3 Å². The van der Waals surface area contributed by atoms with Gasteiger partial charge in [0.1, 0.15) is 11.6 Å². The lowest BCUT2D eigenvalue weighted by Crippen LogP contribution is -2.32. The van der Waals surface area contributed by atoms with Crippen LogP contribution in [-0.2, 0) is 16.1 Å². The second kappa shape index (κ2) is 9.17. The maximum atomic E-state index is 12.5. The molecule has 1 aliphatic heterocycles. The predicted molar refractivity (Wildman–Crippen MR) is 118 cm³/mol. The molecule has 2 aromatic carbocycles. The Kier molecular flexibility index (Phi) is 6.18. The first-order chi connectivity index (χ1) is 14.6. The van der Waals surface area contributed by atoms with Gasteiger partial charge in [-0.15, -0.1) is 0 Å². The van der Waals surface area contributed by atoms with Crippen molar-refractivity contribution in [3.05, 3.63) is 76.5 Å². The Balaban J connectivity index is 1.60. The van der Waals surface area contributed by atoms with Gasteiger partial charge >= 0.3 is 0 Å². The summed E-state index contributed by atoms with van der Waals surface area (Å²) in [7, 11) is 0. The van der Waals surface area contributed by atoms with Crippen LogP contribution in [0.2, 0.25) is 5.02 Å². The Morgan fingerprint density at radius 3 is 2.80 bits per heavy atom. The summed E-state index contributed by atoms with van der Waals surface area (Å²) >= 11 is 5.99. The van der Waals surface area contributed by atoms with Crippen molar-refractivity contribution in [2.75, 3.05) is 13.2 Å². The van der Waals surface area contributed by atoms with Crippen LogP contribution >= 0.6 is 11.6 Å². The lowest BCUT2D eigenvalue weighted by Gasteiger charge is -2.10. The van der Waals surface area contributed by atoms with Gasteiger partial charge in [-0.3, -0.25) is 4.79 Å². The Morgan fingerprint density at radius 1 is 1.27 bits per heavy atom. The fourth-order valence-electron chi connectivity index (χ4n) is 3.72. The van der Waals surface area contributed by atoms with Crippen LogP contribution in [0.5, 0.6) is 0 Å². The standard InChI is InChI=1S/C24H22ClN3O2/c25-20-9-7-17(8-10-20)15-28-16-19(22-5-1-2-6-23(22)28)12-18(13-26)24(29)27-14-21-4-3-11-30-21/h1-2,5-10,12,16,21H,3-4,11,14-15H2,(H,27,29)/b18-12+/t21-/m0/s1. The first-order valence-corrected chi connectivity index (χ1v) is 10.4. The molecule has 0 aliphatic carbocycles. The lowest BCUT2D eigenvalue weighted by molar-refractivity contribution is -0.117. The Morgan fingerprint density at radius 2 is 2.07 bits per heavy atom. The molecule has 4 rings (SSSR count). The van der Waals surface area contributed by atoms with Crippen molar-refractivity contribution in [1.29, 1.82) is 5.26 Å². The SMILES string of the molecule is N#C/C(=C\c1cn(Cc2ccc(Cl)cc2)c2ccccc12)C(=O)NC[C@@H]1CCCO1. The molecule has 1 atom stereocenters. The normalized spacial score (nSPS) is 16.5. The van der Waals surface area contributed by atoms with E-state index in [1.165, 1.54) is 0 Å². The van der Waals surface area contributed by atoms with Gasteiger partial charge in [0.15, 0.2) is 0 Å². The summed E-state index contributed by atoms with van der Waals surface area (Å²) in [4.78, 5) is 12.5. The molecule has 0 radical (unpaired) electrons. The van der Waals surface area contributed by atoms with Crippen LogP contribution in [-0.4, -0.2) is 29.7 Å². The van der Waals surface area contributed by atoms with Crippen LogP contribution in [0.3, 0.4) is 0 Å². The third-order valence-electron chi connectivity index (χ3n) is 5.26. The maximum absolute atomic E-state index is 12.5. The van der Waals surface area contributed by atoms with Gasteiger partial charge in [0.25, 0.3) is 5.91 Å². The van der Waals surface area contributed by atoms with Crippen molar-refractivity contribution in [1.82, 2.24) is 9.88 Å². The van der Waals surface area contributed by atoms with E-state index in [4.69, 9.17) is 16.3 Å². The molecular weight excluding hydrogens is 398 g/mol. The van der Waals surface area contributed by atoms with E-state index in [1.807, 2.05) is 60.8 Å². The van der Waals surface area contributed by atoms with Crippen molar-refractivity contribution < 1.29 is 9.53 Å². The zero-order chi connectivity index (χ0) is 20.9. The zero-order valence-corrected chi connectivity index (χ0v) is 17.2. The van der Waals surface area contributed by atoms with Crippen molar-refractivity contribution >= 4 is 34.5 Å². The Labute approximate surface area is 180 Å². The number of halogens is 1. The molecule has 2 heterocycles. The highest BCUT2D eigenvalue weighted by Crippen LogP contribution is 2.25. The predicted octanol–water partition coefficient (Wildman–Crippen LogP) is 4.55. The van der Waals surface area contributed by atoms with Gasteiger partial charge < -0.3 is 14.6 Å². The van der Waals surface area contributed by atoms with E-state index < -0.39 is 0 Å².